The SMILES string of the molecule is Nc1ncc(Cl)c(Oc2ccc(F)c(F)c2)n1. The zero-order valence-electron chi connectivity index (χ0n) is 8.32. The second-order valence-electron chi connectivity index (χ2n) is 3.06. The fourth-order valence-electron chi connectivity index (χ4n) is 1.09. The average Bonchev–Trinajstić information content (AvgIpc) is 2.29. The summed E-state index contributed by atoms with van der Waals surface area (Å²) in [5.74, 6) is -1.99. The Morgan fingerprint density at radius 2 is 2.00 bits per heavy atom. The first-order valence-electron chi connectivity index (χ1n) is 4.47. The second kappa shape index (κ2) is 4.50. The monoisotopic (exact) mass is 257 g/mol. The first-order chi connectivity index (χ1) is 8.06. The number of ether oxygens (including phenoxy) is 1. The lowest BCUT2D eigenvalue weighted by molar-refractivity contribution is 0.447. The van der Waals surface area contributed by atoms with E-state index in [9.17, 15) is 8.78 Å². The number of nitrogens with two attached hydrogens (primary N) is 1. The third-order valence-electron chi connectivity index (χ3n) is 1.84. The smallest absolute Gasteiger partial charge is 0.243 e. The summed E-state index contributed by atoms with van der Waals surface area (Å²) in [6, 6.07) is 3.06. The number of benzene rings is 1. The summed E-state index contributed by atoms with van der Waals surface area (Å²) in [5.41, 5.74) is 5.34. The molecule has 2 N–H and O–H groups in total. The van der Waals surface area contributed by atoms with Gasteiger partial charge in [0.25, 0.3) is 0 Å². The highest BCUT2D eigenvalue weighted by atomic mass is 35.5. The lowest BCUT2D eigenvalue weighted by Crippen LogP contribution is -1.97. The molecule has 0 radical (unpaired) electrons. The molecule has 0 aliphatic rings. The Kier molecular flexibility index (Phi) is 3.06. The van der Waals surface area contributed by atoms with Gasteiger partial charge in [0.15, 0.2) is 11.6 Å². The van der Waals surface area contributed by atoms with E-state index in [1.165, 1.54) is 12.3 Å². The quantitative estimate of drug-likeness (QED) is 0.899. The van der Waals surface area contributed by atoms with Crippen LogP contribution in [0.5, 0.6) is 11.6 Å². The van der Waals surface area contributed by atoms with E-state index in [-0.39, 0.29) is 22.6 Å². The van der Waals surface area contributed by atoms with Gasteiger partial charge in [-0.3, -0.25) is 0 Å². The van der Waals surface area contributed by atoms with E-state index in [0.717, 1.165) is 12.1 Å². The number of halogens is 3. The Bertz CT molecular complexity index is 565. The highest BCUT2D eigenvalue weighted by molar-refractivity contribution is 6.31. The minimum absolute atomic E-state index is 0.0230. The fourth-order valence-corrected chi connectivity index (χ4v) is 1.22. The van der Waals surface area contributed by atoms with Crippen LogP contribution in [0.3, 0.4) is 0 Å². The van der Waals surface area contributed by atoms with Crippen molar-refractivity contribution in [1.82, 2.24) is 9.97 Å². The lowest BCUT2D eigenvalue weighted by atomic mass is 10.3. The van der Waals surface area contributed by atoms with Gasteiger partial charge in [-0.1, -0.05) is 11.6 Å². The van der Waals surface area contributed by atoms with Crippen molar-refractivity contribution in [3.63, 3.8) is 0 Å². The third-order valence-corrected chi connectivity index (χ3v) is 2.10. The summed E-state index contributed by atoms with van der Waals surface area (Å²) in [7, 11) is 0. The summed E-state index contributed by atoms with van der Waals surface area (Å²) in [6.07, 6.45) is 1.25. The molecule has 7 heteroatoms. The zero-order chi connectivity index (χ0) is 12.4. The van der Waals surface area contributed by atoms with Crippen LogP contribution < -0.4 is 10.5 Å². The van der Waals surface area contributed by atoms with Crippen molar-refractivity contribution in [2.75, 3.05) is 5.73 Å². The molecule has 0 saturated heterocycles. The molecule has 17 heavy (non-hydrogen) atoms. The highest BCUT2D eigenvalue weighted by Gasteiger charge is 2.09. The largest absolute Gasteiger partial charge is 0.437 e. The van der Waals surface area contributed by atoms with Gasteiger partial charge in [0.1, 0.15) is 10.8 Å². The van der Waals surface area contributed by atoms with Crippen LogP contribution in [0, 0.1) is 11.6 Å². The molecule has 1 aromatic heterocycles. The van der Waals surface area contributed by atoms with Gasteiger partial charge >= 0.3 is 0 Å². The van der Waals surface area contributed by atoms with Crippen molar-refractivity contribution in [2.45, 2.75) is 0 Å². The number of rotatable bonds is 2. The van der Waals surface area contributed by atoms with Gasteiger partial charge in [-0.15, -0.1) is 0 Å². The van der Waals surface area contributed by atoms with Crippen molar-refractivity contribution in [2.24, 2.45) is 0 Å². The van der Waals surface area contributed by atoms with Crippen LogP contribution in [0.15, 0.2) is 24.4 Å². The van der Waals surface area contributed by atoms with Crippen molar-refractivity contribution in [1.29, 1.82) is 0 Å². The van der Waals surface area contributed by atoms with Crippen molar-refractivity contribution in [3.05, 3.63) is 41.1 Å². The van der Waals surface area contributed by atoms with E-state index in [2.05, 4.69) is 9.97 Å². The summed E-state index contributed by atoms with van der Waals surface area (Å²) in [4.78, 5) is 7.35. The summed E-state index contributed by atoms with van der Waals surface area (Å²) in [5, 5.41) is 0.115. The Hall–Kier alpha value is -1.95. The molecular formula is C10H6ClF2N3O. The maximum absolute atomic E-state index is 12.9. The molecule has 0 unspecified atom stereocenters. The molecule has 0 amide bonds. The number of nitrogens with zero attached hydrogens (tertiary/aromatic N) is 2. The van der Waals surface area contributed by atoms with Crippen molar-refractivity contribution in [3.8, 4) is 11.6 Å². The van der Waals surface area contributed by atoms with E-state index in [4.69, 9.17) is 22.1 Å². The third kappa shape index (κ3) is 2.59. The topological polar surface area (TPSA) is 61.0 Å². The predicted octanol–water partition coefficient (Wildman–Crippen LogP) is 2.78. The molecule has 1 heterocycles. The molecule has 0 aliphatic heterocycles. The number of hydrogen-bond donors (Lipinski definition) is 1. The summed E-state index contributed by atoms with van der Waals surface area (Å²) >= 11 is 5.74. The molecule has 0 saturated carbocycles. The van der Waals surface area contributed by atoms with Crippen LogP contribution in [0.1, 0.15) is 0 Å². The maximum atomic E-state index is 12.9. The fraction of sp³-hybridized carbons (Fsp3) is 0. The van der Waals surface area contributed by atoms with Gasteiger partial charge in [-0.25, -0.2) is 13.8 Å². The number of anilines is 1. The zero-order valence-corrected chi connectivity index (χ0v) is 9.08. The minimum Gasteiger partial charge on any atom is -0.437 e. The first kappa shape index (κ1) is 11.5. The molecule has 88 valence electrons. The van der Waals surface area contributed by atoms with Crippen molar-refractivity contribution < 1.29 is 13.5 Å². The Morgan fingerprint density at radius 3 is 2.71 bits per heavy atom. The Labute approximate surface area is 100 Å². The Balaban J connectivity index is 2.31. The molecule has 2 rings (SSSR count). The number of hydrogen-bond acceptors (Lipinski definition) is 4. The van der Waals surface area contributed by atoms with E-state index >= 15 is 0 Å². The minimum atomic E-state index is -1.03. The van der Waals surface area contributed by atoms with E-state index in [1.807, 2.05) is 0 Å². The van der Waals surface area contributed by atoms with Gasteiger partial charge in [0, 0.05) is 6.07 Å². The molecule has 2 aromatic rings. The van der Waals surface area contributed by atoms with Crippen LogP contribution in [-0.2, 0) is 0 Å². The molecule has 0 fully saturated rings. The summed E-state index contributed by atoms with van der Waals surface area (Å²) in [6.45, 7) is 0. The first-order valence-corrected chi connectivity index (χ1v) is 4.85. The molecule has 4 nitrogen and oxygen atoms in total. The van der Waals surface area contributed by atoms with E-state index in [0.29, 0.717) is 0 Å². The van der Waals surface area contributed by atoms with Gasteiger partial charge in [0.2, 0.25) is 11.8 Å². The predicted molar refractivity (Wildman–Crippen MR) is 57.9 cm³/mol. The lowest BCUT2D eigenvalue weighted by Gasteiger charge is -2.06. The molecule has 1 aromatic carbocycles. The van der Waals surface area contributed by atoms with Crippen LogP contribution in [0.4, 0.5) is 14.7 Å². The molecule has 0 aliphatic carbocycles. The standard InChI is InChI=1S/C10H6ClF2N3O/c11-6-4-15-10(14)16-9(6)17-5-1-2-7(12)8(13)3-5/h1-4H,(H2,14,15,16). The van der Waals surface area contributed by atoms with E-state index < -0.39 is 11.6 Å². The van der Waals surface area contributed by atoms with Crippen LogP contribution in [0.2, 0.25) is 5.02 Å². The normalized spacial score (nSPS) is 10.3. The second-order valence-corrected chi connectivity index (χ2v) is 3.47. The van der Waals surface area contributed by atoms with Crippen LogP contribution in [-0.4, -0.2) is 9.97 Å². The molecule has 0 spiro atoms. The van der Waals surface area contributed by atoms with Gasteiger partial charge in [-0.2, -0.15) is 4.98 Å². The summed E-state index contributed by atoms with van der Waals surface area (Å²) < 4.78 is 30.8. The highest BCUT2D eigenvalue weighted by Crippen LogP contribution is 2.27. The molecular weight excluding hydrogens is 252 g/mol. The Morgan fingerprint density at radius 1 is 1.24 bits per heavy atom. The van der Waals surface area contributed by atoms with Crippen molar-refractivity contribution >= 4 is 17.5 Å². The van der Waals surface area contributed by atoms with Gasteiger partial charge in [0.05, 0.1) is 6.20 Å². The molecule has 0 bridgehead atoms. The average molecular weight is 258 g/mol. The maximum Gasteiger partial charge on any atom is 0.243 e. The molecule has 0 atom stereocenters. The number of aromatic nitrogens is 2. The number of nitrogen functional groups attached to an aromatic ring is 1. The van der Waals surface area contributed by atoms with Crippen LogP contribution >= 0.6 is 11.6 Å². The van der Waals surface area contributed by atoms with Gasteiger partial charge < -0.3 is 10.5 Å². The van der Waals surface area contributed by atoms with Crippen LogP contribution in [0.25, 0.3) is 0 Å². The van der Waals surface area contributed by atoms with E-state index in [1.54, 1.807) is 0 Å². The van der Waals surface area contributed by atoms with Gasteiger partial charge in [-0.05, 0) is 12.1 Å².